The lowest BCUT2D eigenvalue weighted by Crippen LogP contribution is -2.47. The Kier molecular flexibility index (Phi) is 11.8. The van der Waals surface area contributed by atoms with Gasteiger partial charge in [0.25, 0.3) is 11.8 Å². The molecule has 2 aliphatic carbocycles. The summed E-state index contributed by atoms with van der Waals surface area (Å²) in [5, 5.41) is 25.3. The largest absolute Gasteiger partial charge is 0.481 e. The SMILES string of the molecule is CCC1CCC2(CCCN(C(=O)c3ccc(C#N)cc3)C2)CC1.N=C(N)c1ccc(C(=O)N2CCCC3(CCC(CC(=O)O)CC3)C2)cc1. The number of nitrogens with zero attached hydrogens (tertiary/aromatic N) is 3. The number of carboxylic acid groups (broad SMARTS) is 1. The van der Waals surface area contributed by atoms with Gasteiger partial charge in [0.15, 0.2) is 0 Å². The van der Waals surface area contributed by atoms with Gasteiger partial charge in [-0.15, -0.1) is 0 Å². The summed E-state index contributed by atoms with van der Waals surface area (Å²) < 4.78 is 0. The molecule has 2 aromatic rings. The molecule has 4 aliphatic rings. The number of carbonyl (C=O) groups excluding carboxylic acids is 2. The zero-order valence-electron chi connectivity index (χ0n) is 29.1. The number of likely N-dealkylation sites (tertiary alicyclic amines) is 2. The molecule has 0 aromatic heterocycles. The van der Waals surface area contributed by atoms with Gasteiger partial charge >= 0.3 is 5.97 Å². The zero-order valence-corrected chi connectivity index (χ0v) is 29.1. The lowest BCUT2D eigenvalue weighted by atomic mass is 9.66. The van der Waals surface area contributed by atoms with E-state index in [0.717, 1.165) is 77.0 Å². The number of rotatable bonds is 6. The highest BCUT2D eigenvalue weighted by Gasteiger charge is 2.41. The van der Waals surface area contributed by atoms with Gasteiger partial charge in [0.1, 0.15) is 5.84 Å². The van der Waals surface area contributed by atoms with Crippen LogP contribution >= 0.6 is 0 Å². The Hall–Kier alpha value is -4.19. The maximum atomic E-state index is 12.9. The number of piperidine rings is 2. The smallest absolute Gasteiger partial charge is 0.303 e. The van der Waals surface area contributed by atoms with Crippen molar-refractivity contribution in [2.45, 2.75) is 96.8 Å². The average Bonchev–Trinajstić information content (AvgIpc) is 3.13. The summed E-state index contributed by atoms with van der Waals surface area (Å²) in [5.74, 6) is 0.631. The van der Waals surface area contributed by atoms with E-state index in [1.165, 1.54) is 38.5 Å². The molecule has 0 radical (unpaired) electrons. The van der Waals surface area contributed by atoms with Crippen molar-refractivity contribution < 1.29 is 19.5 Å². The summed E-state index contributed by atoms with van der Waals surface area (Å²) in [6.45, 7) is 5.62. The standard InChI is InChI=1S/C20H27N3O3.C20H26N2O/c21-18(22)15-2-4-16(5-3-15)19(26)23-11-1-8-20(13-23)9-6-14(7-10-20)12-17(24)25;1-2-16-8-11-20(12-9-16)10-3-13-22(15-20)19(23)18-6-4-17(14-21)5-7-18/h2-5,14H,1,6-13H2,(H3,21,22)(H,24,25);4-7,16H,2-3,8-13,15H2,1H3. The number of nitrogens with one attached hydrogen (secondary N) is 1. The minimum Gasteiger partial charge on any atom is -0.481 e. The van der Waals surface area contributed by atoms with Crippen LogP contribution in [0.2, 0.25) is 0 Å². The first-order valence-corrected chi connectivity index (χ1v) is 18.3. The molecule has 9 heteroatoms. The average molecular weight is 668 g/mol. The predicted octanol–water partition coefficient (Wildman–Crippen LogP) is 7.24. The van der Waals surface area contributed by atoms with Crippen LogP contribution in [0.1, 0.15) is 129 Å². The number of nitriles is 1. The monoisotopic (exact) mass is 667 g/mol. The molecule has 0 unspecified atom stereocenters. The molecule has 49 heavy (non-hydrogen) atoms. The molecule has 2 aromatic carbocycles. The second-order valence-corrected chi connectivity index (χ2v) is 15.2. The number of hydrogen-bond donors (Lipinski definition) is 3. The molecule has 2 saturated carbocycles. The van der Waals surface area contributed by atoms with Gasteiger partial charge in [-0.05, 0) is 136 Å². The predicted molar refractivity (Wildman–Crippen MR) is 190 cm³/mol. The Balaban J connectivity index is 0.000000192. The molecule has 2 aliphatic heterocycles. The molecule has 2 saturated heterocycles. The van der Waals surface area contributed by atoms with Crippen molar-refractivity contribution in [2.24, 2.45) is 28.4 Å². The van der Waals surface area contributed by atoms with Crippen molar-refractivity contribution >= 4 is 23.6 Å². The fourth-order valence-electron chi connectivity index (χ4n) is 8.86. The number of carbonyl (C=O) groups is 3. The molecule has 0 atom stereocenters. The van der Waals surface area contributed by atoms with E-state index in [2.05, 4.69) is 17.9 Å². The van der Waals surface area contributed by atoms with E-state index in [-0.39, 0.29) is 35.4 Å². The molecular weight excluding hydrogens is 614 g/mol. The van der Waals surface area contributed by atoms with Crippen molar-refractivity contribution in [3.8, 4) is 6.07 Å². The highest BCUT2D eigenvalue weighted by Crippen LogP contribution is 2.47. The van der Waals surface area contributed by atoms with Gasteiger partial charge < -0.3 is 20.6 Å². The lowest BCUT2D eigenvalue weighted by Gasteiger charge is -2.47. The third kappa shape index (κ3) is 9.09. The Morgan fingerprint density at radius 3 is 1.61 bits per heavy atom. The van der Waals surface area contributed by atoms with Gasteiger partial charge in [0.2, 0.25) is 0 Å². The third-order valence-corrected chi connectivity index (χ3v) is 12.0. The Labute approximate surface area is 291 Å². The van der Waals surface area contributed by atoms with Crippen molar-refractivity contribution in [1.29, 1.82) is 10.7 Å². The number of amidine groups is 1. The number of benzene rings is 2. The minimum atomic E-state index is -0.708. The summed E-state index contributed by atoms with van der Waals surface area (Å²) in [6, 6.07) is 16.1. The van der Waals surface area contributed by atoms with Crippen LogP contribution in [-0.2, 0) is 4.79 Å². The number of nitrogens with two attached hydrogens (primary N) is 1. The molecule has 9 nitrogen and oxygen atoms in total. The highest BCUT2D eigenvalue weighted by atomic mass is 16.4. The van der Waals surface area contributed by atoms with Crippen molar-refractivity contribution in [1.82, 2.24) is 9.80 Å². The van der Waals surface area contributed by atoms with Crippen LogP contribution in [0.15, 0.2) is 48.5 Å². The lowest BCUT2D eigenvalue weighted by molar-refractivity contribution is -0.138. The molecule has 2 amide bonds. The number of hydrogen-bond acceptors (Lipinski definition) is 5. The van der Waals surface area contributed by atoms with Gasteiger partial charge in [-0.3, -0.25) is 19.8 Å². The van der Waals surface area contributed by atoms with Crippen molar-refractivity contribution in [2.75, 3.05) is 26.2 Å². The number of aliphatic carboxylic acids is 1. The van der Waals surface area contributed by atoms with E-state index in [1.54, 1.807) is 48.5 Å². The summed E-state index contributed by atoms with van der Waals surface area (Å²) in [4.78, 5) is 40.6. The van der Waals surface area contributed by atoms with Crippen LogP contribution in [0.4, 0.5) is 0 Å². The summed E-state index contributed by atoms with van der Waals surface area (Å²) >= 11 is 0. The van der Waals surface area contributed by atoms with Crippen LogP contribution in [0.25, 0.3) is 0 Å². The van der Waals surface area contributed by atoms with E-state index in [1.807, 2.05) is 4.90 Å². The maximum Gasteiger partial charge on any atom is 0.303 e. The first-order valence-electron chi connectivity index (χ1n) is 18.3. The fourth-order valence-corrected chi connectivity index (χ4v) is 8.86. The number of amides is 2. The van der Waals surface area contributed by atoms with Gasteiger partial charge in [-0.1, -0.05) is 25.5 Å². The zero-order chi connectivity index (χ0) is 35.0. The van der Waals surface area contributed by atoms with Gasteiger partial charge in [-0.2, -0.15) is 5.26 Å². The van der Waals surface area contributed by atoms with E-state index in [9.17, 15) is 14.4 Å². The topological polar surface area (TPSA) is 152 Å². The third-order valence-electron chi connectivity index (χ3n) is 12.0. The Morgan fingerprint density at radius 1 is 0.776 bits per heavy atom. The molecule has 262 valence electrons. The number of nitrogen functional groups attached to an aromatic ring is 1. The van der Waals surface area contributed by atoms with Crippen LogP contribution in [0.5, 0.6) is 0 Å². The second kappa shape index (κ2) is 16.0. The minimum absolute atomic E-state index is 0.000884. The normalized spacial score (nSPS) is 26.7. The molecule has 4 N–H and O–H groups in total. The fraction of sp³-hybridized carbons (Fsp3) is 0.575. The van der Waals surface area contributed by atoms with Crippen LogP contribution in [0, 0.1) is 39.4 Å². The maximum absolute atomic E-state index is 12.9. The van der Waals surface area contributed by atoms with Gasteiger partial charge in [-0.25, -0.2) is 0 Å². The Bertz CT molecular complexity index is 1510. The van der Waals surface area contributed by atoms with Crippen LogP contribution < -0.4 is 5.73 Å². The first-order chi connectivity index (χ1) is 23.5. The first kappa shape index (κ1) is 36.1. The van der Waals surface area contributed by atoms with E-state index in [0.29, 0.717) is 27.7 Å². The van der Waals surface area contributed by atoms with Crippen LogP contribution in [0.3, 0.4) is 0 Å². The second-order valence-electron chi connectivity index (χ2n) is 15.2. The molecule has 0 bridgehead atoms. The summed E-state index contributed by atoms with van der Waals surface area (Å²) in [5.41, 5.74) is 8.56. The van der Waals surface area contributed by atoms with Crippen LogP contribution in [-0.4, -0.2) is 64.7 Å². The summed E-state index contributed by atoms with van der Waals surface area (Å²) in [7, 11) is 0. The van der Waals surface area contributed by atoms with Crippen molar-refractivity contribution in [3.05, 3.63) is 70.8 Å². The van der Waals surface area contributed by atoms with E-state index in [4.69, 9.17) is 21.5 Å². The van der Waals surface area contributed by atoms with Gasteiger partial charge in [0, 0.05) is 49.3 Å². The number of carboxylic acids is 1. The van der Waals surface area contributed by atoms with E-state index < -0.39 is 5.97 Å². The highest BCUT2D eigenvalue weighted by molar-refractivity contribution is 5.98. The Morgan fingerprint density at radius 2 is 1.20 bits per heavy atom. The molecule has 2 heterocycles. The quantitative estimate of drug-likeness (QED) is 0.218. The molecule has 2 spiro atoms. The van der Waals surface area contributed by atoms with Crippen molar-refractivity contribution in [3.63, 3.8) is 0 Å². The van der Waals surface area contributed by atoms with E-state index >= 15 is 0 Å². The summed E-state index contributed by atoms with van der Waals surface area (Å²) in [6.07, 6.45) is 15.2. The molecule has 4 fully saturated rings. The molecule has 6 rings (SSSR count). The van der Waals surface area contributed by atoms with Gasteiger partial charge in [0.05, 0.1) is 11.6 Å². The molecular formula is C40H53N5O4.